The van der Waals surface area contributed by atoms with E-state index in [0.717, 1.165) is 51.4 Å². The number of H-pyrrole nitrogens is 1. The fraction of sp³-hybridized carbons (Fsp3) is 0.150. The summed E-state index contributed by atoms with van der Waals surface area (Å²) in [5.74, 6) is 2.64. The van der Waals surface area contributed by atoms with Gasteiger partial charge in [-0.1, -0.05) is 39.7 Å². The summed E-state index contributed by atoms with van der Waals surface area (Å²) < 4.78 is 6.85. The van der Waals surface area contributed by atoms with Crippen molar-refractivity contribution in [2.75, 3.05) is 6.54 Å². The first-order valence-corrected chi connectivity index (χ1v) is 9.54. The van der Waals surface area contributed by atoms with Crippen molar-refractivity contribution in [3.05, 3.63) is 75.7 Å². The first-order valence-electron chi connectivity index (χ1n) is 8.37. The van der Waals surface area contributed by atoms with E-state index in [-0.39, 0.29) is 0 Å². The minimum Gasteiger partial charge on any atom is -0.460 e. The molecule has 26 heavy (non-hydrogen) atoms. The second-order valence-corrected chi connectivity index (χ2v) is 7.34. The number of fused-ring (bicyclic) bond motifs is 1. The van der Waals surface area contributed by atoms with Gasteiger partial charge in [-0.2, -0.15) is 0 Å². The lowest BCUT2D eigenvalue weighted by Crippen LogP contribution is -2.16. The Labute approximate surface area is 164 Å². The molecule has 0 aliphatic heterocycles. The van der Waals surface area contributed by atoms with Crippen molar-refractivity contribution in [2.24, 2.45) is 0 Å². The Kier molecular flexibility index (Phi) is 5.11. The first-order chi connectivity index (χ1) is 12.7. The molecular weight excluding hydrogens is 414 g/mol. The third-order valence-electron chi connectivity index (χ3n) is 4.13. The van der Waals surface area contributed by atoms with Crippen molar-refractivity contribution in [3.8, 4) is 11.3 Å². The number of hydrogen-bond acceptors (Lipinski definition) is 3. The van der Waals surface area contributed by atoms with Crippen LogP contribution in [0.5, 0.6) is 0 Å². The Bertz CT molecular complexity index is 1010. The molecule has 0 unspecified atom stereocenters. The van der Waals surface area contributed by atoms with Crippen LogP contribution < -0.4 is 5.32 Å². The zero-order valence-electron chi connectivity index (χ0n) is 13.9. The van der Waals surface area contributed by atoms with Gasteiger partial charge in [-0.25, -0.2) is 4.98 Å². The Balaban J connectivity index is 1.33. The fourth-order valence-electron chi connectivity index (χ4n) is 2.85. The van der Waals surface area contributed by atoms with Crippen LogP contribution in [-0.2, 0) is 13.0 Å². The molecule has 0 saturated heterocycles. The topological polar surface area (TPSA) is 53.9 Å². The van der Waals surface area contributed by atoms with Crippen molar-refractivity contribution in [3.63, 3.8) is 0 Å². The van der Waals surface area contributed by atoms with Crippen LogP contribution in [0.4, 0.5) is 0 Å². The van der Waals surface area contributed by atoms with Crippen LogP contribution in [0.1, 0.15) is 11.6 Å². The number of nitrogens with one attached hydrogen (secondary N) is 2. The molecule has 6 heteroatoms. The Morgan fingerprint density at radius 1 is 1.12 bits per heavy atom. The van der Waals surface area contributed by atoms with Crippen molar-refractivity contribution in [1.82, 2.24) is 15.3 Å². The maximum atomic E-state index is 6.29. The number of para-hydroxylation sites is 2. The monoisotopic (exact) mass is 429 g/mol. The summed E-state index contributed by atoms with van der Waals surface area (Å²) in [6, 6.07) is 17.8. The summed E-state index contributed by atoms with van der Waals surface area (Å²) in [7, 11) is 0. The molecule has 0 aliphatic rings. The van der Waals surface area contributed by atoms with E-state index in [1.807, 2.05) is 54.6 Å². The standard InChI is InChI=1S/C20H17BrClN3O/c21-13-5-7-15(16(22)11-13)19-8-6-14(26-19)12-23-10-9-20-24-17-3-1-2-4-18(17)25-20/h1-8,11,23H,9-10,12H2,(H,24,25). The molecule has 0 radical (unpaired) electrons. The van der Waals surface area contributed by atoms with E-state index in [1.54, 1.807) is 0 Å². The third-order valence-corrected chi connectivity index (χ3v) is 4.94. The number of aromatic amines is 1. The first kappa shape index (κ1) is 17.3. The van der Waals surface area contributed by atoms with Crippen molar-refractivity contribution in [2.45, 2.75) is 13.0 Å². The molecular formula is C20H17BrClN3O. The molecule has 4 nitrogen and oxygen atoms in total. The van der Waals surface area contributed by atoms with Gasteiger partial charge in [0.15, 0.2) is 0 Å². The SMILES string of the molecule is Clc1cc(Br)ccc1-c1ccc(CNCCc2nc3ccccc3[nH]2)o1. The predicted octanol–water partition coefficient (Wildman–Crippen LogP) is 5.57. The van der Waals surface area contributed by atoms with E-state index in [9.17, 15) is 0 Å². The minimum atomic E-state index is 0.661. The molecule has 2 N–H and O–H groups in total. The number of benzene rings is 2. The Morgan fingerprint density at radius 2 is 2.00 bits per heavy atom. The van der Waals surface area contributed by atoms with Crippen LogP contribution in [0, 0.1) is 0 Å². The maximum Gasteiger partial charge on any atom is 0.135 e. The molecule has 2 aromatic carbocycles. The van der Waals surface area contributed by atoms with Gasteiger partial charge in [0.1, 0.15) is 17.3 Å². The molecule has 132 valence electrons. The van der Waals surface area contributed by atoms with E-state index in [2.05, 4.69) is 31.2 Å². The molecule has 4 aromatic rings. The van der Waals surface area contributed by atoms with Gasteiger partial charge in [0.2, 0.25) is 0 Å². The van der Waals surface area contributed by atoms with Crippen LogP contribution in [0.15, 0.2) is 63.5 Å². The second-order valence-electron chi connectivity index (χ2n) is 6.02. The van der Waals surface area contributed by atoms with Crippen LogP contribution in [-0.4, -0.2) is 16.5 Å². The number of furan rings is 1. The molecule has 0 amide bonds. The number of hydrogen-bond donors (Lipinski definition) is 2. The highest BCUT2D eigenvalue weighted by Crippen LogP contribution is 2.31. The molecule has 0 bridgehead atoms. The van der Waals surface area contributed by atoms with Gasteiger partial charge in [-0.3, -0.25) is 0 Å². The smallest absolute Gasteiger partial charge is 0.135 e. The summed E-state index contributed by atoms with van der Waals surface area (Å²) >= 11 is 9.70. The van der Waals surface area contributed by atoms with E-state index in [0.29, 0.717) is 11.6 Å². The van der Waals surface area contributed by atoms with Gasteiger partial charge in [-0.05, 0) is 42.5 Å². The molecule has 0 atom stereocenters. The van der Waals surface area contributed by atoms with Gasteiger partial charge < -0.3 is 14.7 Å². The van der Waals surface area contributed by atoms with Crippen molar-refractivity contribution < 1.29 is 4.42 Å². The van der Waals surface area contributed by atoms with Gasteiger partial charge >= 0.3 is 0 Å². The van der Waals surface area contributed by atoms with E-state index in [1.165, 1.54) is 0 Å². The normalized spacial score (nSPS) is 11.3. The summed E-state index contributed by atoms with van der Waals surface area (Å²) in [6.07, 6.45) is 0.834. The summed E-state index contributed by atoms with van der Waals surface area (Å²) in [5, 5.41) is 4.05. The highest BCUT2D eigenvalue weighted by molar-refractivity contribution is 9.10. The largest absolute Gasteiger partial charge is 0.460 e. The Hall–Kier alpha value is -2.08. The van der Waals surface area contributed by atoms with Gasteiger partial charge in [0.05, 0.1) is 22.6 Å². The van der Waals surface area contributed by atoms with Crippen LogP contribution in [0.2, 0.25) is 5.02 Å². The molecule has 0 aliphatic carbocycles. The van der Waals surface area contributed by atoms with Crippen molar-refractivity contribution >= 4 is 38.6 Å². The van der Waals surface area contributed by atoms with E-state index >= 15 is 0 Å². The van der Waals surface area contributed by atoms with Gasteiger partial charge in [-0.15, -0.1) is 0 Å². The highest BCUT2D eigenvalue weighted by atomic mass is 79.9. The average molecular weight is 431 g/mol. The lowest BCUT2D eigenvalue weighted by Gasteiger charge is -2.03. The molecule has 4 rings (SSSR count). The predicted molar refractivity (Wildman–Crippen MR) is 108 cm³/mol. The third kappa shape index (κ3) is 3.85. The number of imidazole rings is 1. The van der Waals surface area contributed by atoms with Crippen LogP contribution >= 0.6 is 27.5 Å². The highest BCUT2D eigenvalue weighted by Gasteiger charge is 2.09. The fourth-order valence-corrected chi connectivity index (χ4v) is 3.62. The number of nitrogens with zero attached hydrogens (tertiary/aromatic N) is 1. The zero-order valence-corrected chi connectivity index (χ0v) is 16.3. The summed E-state index contributed by atoms with van der Waals surface area (Å²) in [4.78, 5) is 7.92. The van der Waals surface area contributed by atoms with E-state index < -0.39 is 0 Å². The minimum absolute atomic E-state index is 0.661. The van der Waals surface area contributed by atoms with E-state index in [4.69, 9.17) is 16.0 Å². The molecule has 0 fully saturated rings. The maximum absolute atomic E-state index is 6.29. The lowest BCUT2D eigenvalue weighted by atomic mass is 10.2. The molecule has 0 spiro atoms. The summed E-state index contributed by atoms with van der Waals surface area (Å²) in [6.45, 7) is 1.48. The van der Waals surface area contributed by atoms with Crippen LogP contribution in [0.3, 0.4) is 0 Å². The average Bonchev–Trinajstić information content (AvgIpc) is 3.25. The zero-order chi connectivity index (χ0) is 17.9. The van der Waals surface area contributed by atoms with Crippen LogP contribution in [0.25, 0.3) is 22.4 Å². The number of rotatable bonds is 6. The summed E-state index contributed by atoms with van der Waals surface area (Å²) in [5.41, 5.74) is 2.97. The molecule has 2 aromatic heterocycles. The second kappa shape index (κ2) is 7.66. The lowest BCUT2D eigenvalue weighted by molar-refractivity contribution is 0.494. The quantitative estimate of drug-likeness (QED) is 0.393. The number of halogens is 2. The molecule has 0 saturated carbocycles. The van der Waals surface area contributed by atoms with Gasteiger partial charge in [0, 0.05) is 23.0 Å². The Morgan fingerprint density at radius 3 is 2.85 bits per heavy atom. The van der Waals surface area contributed by atoms with Gasteiger partial charge in [0.25, 0.3) is 0 Å². The van der Waals surface area contributed by atoms with Crippen molar-refractivity contribution in [1.29, 1.82) is 0 Å². The molecule has 2 heterocycles. The number of aromatic nitrogens is 2.